The van der Waals surface area contributed by atoms with E-state index in [1.165, 1.54) is 0 Å². The number of ether oxygens (including phenoxy) is 3. The molecule has 0 radical (unpaired) electrons. The van der Waals surface area contributed by atoms with Crippen LogP contribution in [-0.4, -0.2) is 46.2 Å². The van der Waals surface area contributed by atoms with Crippen molar-refractivity contribution in [2.24, 2.45) is 0 Å². The molecule has 3 heterocycles. The Morgan fingerprint density at radius 1 is 1.03 bits per heavy atom. The third-order valence-corrected chi connectivity index (χ3v) is 5.54. The summed E-state index contributed by atoms with van der Waals surface area (Å²) in [7, 11) is 3.23. The summed E-state index contributed by atoms with van der Waals surface area (Å²) in [5.74, 6) is 0.959. The Morgan fingerprint density at radius 3 is 2.61 bits per heavy atom. The van der Waals surface area contributed by atoms with Gasteiger partial charge in [0.05, 0.1) is 48.1 Å². The SMILES string of the molecule is COCc1c(C(=O)OC(C)C)ncc2[nH]c3ccc4nc(-c5ccccc5OC)[nH]c4c3c12. The van der Waals surface area contributed by atoms with E-state index in [0.717, 1.165) is 44.2 Å². The molecule has 5 rings (SSSR count). The van der Waals surface area contributed by atoms with Crippen molar-refractivity contribution in [2.45, 2.75) is 26.6 Å². The number of esters is 1. The molecule has 0 atom stereocenters. The lowest BCUT2D eigenvalue weighted by molar-refractivity contribution is 0.0366. The van der Waals surface area contributed by atoms with Gasteiger partial charge in [0.1, 0.15) is 11.6 Å². The maximum absolute atomic E-state index is 12.8. The number of carbonyl (C=O) groups is 1. The number of nitrogens with zero attached hydrogens (tertiary/aromatic N) is 2. The van der Waals surface area contributed by atoms with Crippen molar-refractivity contribution in [3.8, 4) is 17.1 Å². The van der Waals surface area contributed by atoms with Crippen LogP contribution in [0, 0.1) is 0 Å². The summed E-state index contributed by atoms with van der Waals surface area (Å²) in [5, 5.41) is 1.78. The van der Waals surface area contributed by atoms with E-state index >= 15 is 0 Å². The van der Waals surface area contributed by atoms with Crippen molar-refractivity contribution in [1.29, 1.82) is 0 Å². The molecule has 0 spiro atoms. The molecule has 0 fully saturated rings. The van der Waals surface area contributed by atoms with Gasteiger partial charge in [0.25, 0.3) is 0 Å². The number of para-hydroxylation sites is 1. The van der Waals surface area contributed by atoms with Gasteiger partial charge in [-0.3, -0.25) is 0 Å². The van der Waals surface area contributed by atoms with Crippen molar-refractivity contribution >= 4 is 38.8 Å². The Hall–Kier alpha value is -3.91. The van der Waals surface area contributed by atoms with Gasteiger partial charge in [-0.25, -0.2) is 14.8 Å². The van der Waals surface area contributed by atoms with E-state index in [0.29, 0.717) is 11.4 Å². The molecule has 0 saturated carbocycles. The van der Waals surface area contributed by atoms with Crippen LogP contribution in [0.1, 0.15) is 29.9 Å². The number of pyridine rings is 1. The summed E-state index contributed by atoms with van der Waals surface area (Å²) in [6, 6.07) is 11.7. The summed E-state index contributed by atoms with van der Waals surface area (Å²) < 4.78 is 16.4. The molecule has 0 saturated heterocycles. The van der Waals surface area contributed by atoms with Gasteiger partial charge in [-0.1, -0.05) is 12.1 Å². The van der Waals surface area contributed by atoms with Crippen molar-refractivity contribution < 1.29 is 19.0 Å². The van der Waals surface area contributed by atoms with E-state index < -0.39 is 5.97 Å². The predicted octanol–water partition coefficient (Wildman–Crippen LogP) is 4.98. The summed E-state index contributed by atoms with van der Waals surface area (Å²) in [4.78, 5) is 28.9. The van der Waals surface area contributed by atoms with E-state index in [1.807, 2.05) is 50.2 Å². The van der Waals surface area contributed by atoms with Gasteiger partial charge < -0.3 is 24.2 Å². The highest BCUT2D eigenvalue weighted by Crippen LogP contribution is 2.37. The van der Waals surface area contributed by atoms with Gasteiger partial charge in [-0.05, 0) is 38.1 Å². The number of aromatic amines is 2. The Morgan fingerprint density at radius 2 is 1.85 bits per heavy atom. The fourth-order valence-corrected chi connectivity index (χ4v) is 4.22. The van der Waals surface area contributed by atoms with E-state index in [-0.39, 0.29) is 18.4 Å². The number of hydrogen-bond donors (Lipinski definition) is 2. The molecule has 8 nitrogen and oxygen atoms in total. The predicted molar refractivity (Wildman–Crippen MR) is 127 cm³/mol. The molecule has 0 unspecified atom stereocenters. The molecule has 0 aliphatic heterocycles. The van der Waals surface area contributed by atoms with Crippen LogP contribution in [0.25, 0.3) is 44.2 Å². The smallest absolute Gasteiger partial charge is 0.357 e. The lowest BCUT2D eigenvalue weighted by Crippen LogP contribution is -2.15. The second-order valence-electron chi connectivity index (χ2n) is 8.05. The monoisotopic (exact) mass is 444 g/mol. The average molecular weight is 444 g/mol. The first-order chi connectivity index (χ1) is 16.0. The number of rotatable bonds is 6. The van der Waals surface area contributed by atoms with Gasteiger partial charge in [-0.2, -0.15) is 0 Å². The first-order valence-electron chi connectivity index (χ1n) is 10.7. The van der Waals surface area contributed by atoms with Crippen molar-refractivity contribution in [1.82, 2.24) is 19.9 Å². The van der Waals surface area contributed by atoms with Gasteiger partial charge in [-0.15, -0.1) is 0 Å². The first-order valence-corrected chi connectivity index (χ1v) is 10.7. The van der Waals surface area contributed by atoms with E-state index in [2.05, 4.69) is 15.0 Å². The number of aromatic nitrogens is 4. The quantitative estimate of drug-likeness (QED) is 0.358. The van der Waals surface area contributed by atoms with Gasteiger partial charge in [0.2, 0.25) is 0 Å². The molecule has 2 N–H and O–H groups in total. The fraction of sp³-hybridized carbons (Fsp3) is 0.240. The van der Waals surface area contributed by atoms with Crippen LogP contribution < -0.4 is 4.74 Å². The number of imidazole rings is 1. The summed E-state index contributed by atoms with van der Waals surface area (Å²) in [5.41, 5.74) is 5.15. The largest absolute Gasteiger partial charge is 0.496 e. The number of nitrogens with one attached hydrogen (secondary N) is 2. The zero-order valence-corrected chi connectivity index (χ0v) is 18.9. The summed E-state index contributed by atoms with van der Waals surface area (Å²) in [6.45, 7) is 3.83. The Balaban J connectivity index is 1.81. The van der Waals surface area contributed by atoms with Crippen molar-refractivity contribution in [3.63, 3.8) is 0 Å². The first kappa shape index (κ1) is 21.0. The molecule has 0 aliphatic rings. The summed E-state index contributed by atoms with van der Waals surface area (Å²) in [6.07, 6.45) is 1.41. The highest BCUT2D eigenvalue weighted by atomic mass is 16.5. The highest BCUT2D eigenvalue weighted by molar-refractivity contribution is 6.20. The second-order valence-corrected chi connectivity index (χ2v) is 8.05. The zero-order chi connectivity index (χ0) is 23.1. The van der Waals surface area contributed by atoms with Crippen LogP contribution >= 0.6 is 0 Å². The van der Waals surface area contributed by atoms with Crippen molar-refractivity contribution in [2.75, 3.05) is 14.2 Å². The van der Waals surface area contributed by atoms with Crippen LogP contribution in [0.5, 0.6) is 5.75 Å². The van der Waals surface area contributed by atoms with E-state index in [9.17, 15) is 4.79 Å². The summed E-state index contributed by atoms with van der Waals surface area (Å²) >= 11 is 0. The molecule has 5 aromatic rings. The minimum Gasteiger partial charge on any atom is -0.496 e. The standard InChI is InChI=1S/C25H24N4O4/c1-13(2)33-25(30)22-15(12-31-3)20-18(11-26-22)27-16-9-10-17-23(21(16)20)29-24(28-17)14-7-5-6-8-19(14)32-4/h5-11,13,27H,12H2,1-4H3,(H,28,29). The molecule has 2 aromatic carbocycles. The lowest BCUT2D eigenvalue weighted by Gasteiger charge is -2.12. The highest BCUT2D eigenvalue weighted by Gasteiger charge is 2.23. The maximum atomic E-state index is 12.8. The van der Waals surface area contributed by atoms with Crippen LogP contribution in [-0.2, 0) is 16.1 Å². The van der Waals surface area contributed by atoms with E-state index in [1.54, 1.807) is 20.4 Å². The van der Waals surface area contributed by atoms with Gasteiger partial charge >= 0.3 is 5.97 Å². The molecule has 168 valence electrons. The minimum atomic E-state index is -0.472. The Labute approximate surface area is 189 Å². The third-order valence-electron chi connectivity index (χ3n) is 5.54. The normalized spacial score (nSPS) is 11.7. The topological polar surface area (TPSA) is 102 Å². The maximum Gasteiger partial charge on any atom is 0.357 e. The minimum absolute atomic E-state index is 0.212. The molecule has 0 amide bonds. The van der Waals surface area contributed by atoms with E-state index in [4.69, 9.17) is 19.2 Å². The van der Waals surface area contributed by atoms with Crippen LogP contribution in [0.2, 0.25) is 0 Å². The van der Waals surface area contributed by atoms with Crippen molar-refractivity contribution in [3.05, 3.63) is 53.9 Å². The number of hydrogen-bond acceptors (Lipinski definition) is 6. The van der Waals surface area contributed by atoms with Gasteiger partial charge in [0.15, 0.2) is 5.69 Å². The van der Waals surface area contributed by atoms with Crippen LogP contribution in [0.3, 0.4) is 0 Å². The molecular formula is C25H24N4O4. The number of carbonyl (C=O) groups excluding carboxylic acids is 1. The number of methoxy groups -OCH3 is 2. The second kappa shape index (κ2) is 8.22. The zero-order valence-electron chi connectivity index (χ0n) is 18.9. The molecule has 33 heavy (non-hydrogen) atoms. The average Bonchev–Trinajstić information content (AvgIpc) is 3.40. The number of H-pyrrole nitrogens is 2. The van der Waals surface area contributed by atoms with Gasteiger partial charge in [0, 0.05) is 29.0 Å². The molecule has 8 heteroatoms. The molecule has 0 bridgehead atoms. The number of fused-ring (bicyclic) bond motifs is 5. The third kappa shape index (κ3) is 3.48. The fourth-order valence-electron chi connectivity index (χ4n) is 4.22. The lowest BCUT2D eigenvalue weighted by atomic mass is 10.0. The number of benzene rings is 2. The van der Waals surface area contributed by atoms with Crippen LogP contribution in [0.4, 0.5) is 0 Å². The Kier molecular flexibility index (Phi) is 5.22. The molecule has 3 aromatic heterocycles. The molecule has 0 aliphatic carbocycles. The Bertz CT molecular complexity index is 1500. The molecular weight excluding hydrogens is 420 g/mol. The van der Waals surface area contributed by atoms with Crippen LogP contribution in [0.15, 0.2) is 42.6 Å².